The Labute approximate surface area is 187 Å². The number of benzene rings is 1. The molecule has 0 saturated carbocycles. The number of hydrogen-bond donors (Lipinski definition) is 1. The van der Waals surface area contributed by atoms with Gasteiger partial charge in [-0.3, -0.25) is 9.00 Å². The Morgan fingerprint density at radius 2 is 2.00 bits per heavy atom. The number of nitrogens with zero attached hydrogens (tertiary/aromatic N) is 1. The molecule has 1 aliphatic carbocycles. The molecule has 5 nitrogen and oxygen atoms in total. The molecule has 0 aromatic heterocycles. The van der Waals surface area contributed by atoms with Gasteiger partial charge < -0.3 is 14.7 Å². The molecule has 32 heavy (non-hydrogen) atoms. The fraction of sp³-hybridized carbons (Fsp3) is 0.435. The van der Waals surface area contributed by atoms with Crippen molar-refractivity contribution in [3.8, 4) is 5.75 Å². The third-order valence-corrected chi connectivity index (χ3v) is 7.28. The van der Waals surface area contributed by atoms with Gasteiger partial charge >= 0.3 is 6.18 Å². The summed E-state index contributed by atoms with van der Waals surface area (Å²) < 4.78 is 59.9. The minimum Gasteiger partial charge on any atom is -0.484 e. The summed E-state index contributed by atoms with van der Waals surface area (Å²) in [5.41, 5.74) is 0.0852. The lowest BCUT2D eigenvalue weighted by Gasteiger charge is -2.22. The SMILES string of the molecule is C\C1=C(C(F)(F)F)/C(S(=O)C2CCN(C(=O)COc3ccc(CO)cc3)C2)=C\C=C/CC1. The van der Waals surface area contributed by atoms with E-state index in [4.69, 9.17) is 9.84 Å². The molecular formula is C23H26F3NO4S. The van der Waals surface area contributed by atoms with Gasteiger partial charge in [-0.15, -0.1) is 0 Å². The van der Waals surface area contributed by atoms with Gasteiger partial charge in [0, 0.05) is 13.1 Å². The Kier molecular flexibility index (Phi) is 7.95. The first-order chi connectivity index (χ1) is 15.2. The van der Waals surface area contributed by atoms with Crippen LogP contribution in [0, 0.1) is 0 Å². The van der Waals surface area contributed by atoms with Gasteiger partial charge in [0.1, 0.15) is 5.75 Å². The summed E-state index contributed by atoms with van der Waals surface area (Å²) >= 11 is 0. The normalized spacial score (nSPS) is 25.5. The van der Waals surface area contributed by atoms with E-state index in [0.29, 0.717) is 25.1 Å². The maximum Gasteiger partial charge on any atom is 0.417 e. The van der Waals surface area contributed by atoms with E-state index in [1.807, 2.05) is 0 Å². The molecule has 1 amide bonds. The van der Waals surface area contributed by atoms with E-state index in [0.717, 1.165) is 5.56 Å². The fourth-order valence-electron chi connectivity index (χ4n) is 3.76. The van der Waals surface area contributed by atoms with Crippen LogP contribution in [0.3, 0.4) is 0 Å². The van der Waals surface area contributed by atoms with E-state index in [9.17, 15) is 22.2 Å². The average molecular weight is 470 g/mol. The number of hydrogen-bond acceptors (Lipinski definition) is 4. The molecule has 3 rings (SSSR count). The first kappa shape index (κ1) is 24.3. The lowest BCUT2D eigenvalue weighted by Crippen LogP contribution is -2.34. The van der Waals surface area contributed by atoms with E-state index in [1.54, 1.807) is 30.3 Å². The molecule has 1 saturated heterocycles. The van der Waals surface area contributed by atoms with Crippen molar-refractivity contribution < 1.29 is 32.0 Å². The molecule has 0 spiro atoms. The van der Waals surface area contributed by atoms with E-state index in [1.165, 1.54) is 24.0 Å². The molecule has 1 heterocycles. The van der Waals surface area contributed by atoms with Gasteiger partial charge in [-0.05, 0) is 50.0 Å². The van der Waals surface area contributed by atoms with E-state index in [-0.39, 0.29) is 42.6 Å². The smallest absolute Gasteiger partial charge is 0.417 e. The van der Waals surface area contributed by atoms with Gasteiger partial charge in [-0.1, -0.05) is 29.9 Å². The number of ether oxygens (including phenoxy) is 1. The van der Waals surface area contributed by atoms with Crippen LogP contribution in [-0.4, -0.2) is 51.2 Å². The van der Waals surface area contributed by atoms with Crippen molar-refractivity contribution in [2.24, 2.45) is 0 Å². The van der Waals surface area contributed by atoms with Crippen molar-refractivity contribution in [1.29, 1.82) is 0 Å². The summed E-state index contributed by atoms with van der Waals surface area (Å²) in [6.07, 6.45) is 1.11. The van der Waals surface area contributed by atoms with Gasteiger partial charge in [0.25, 0.3) is 5.91 Å². The number of halogens is 3. The minimum atomic E-state index is -4.59. The molecule has 1 aromatic carbocycles. The summed E-state index contributed by atoms with van der Waals surface area (Å²) in [4.78, 5) is 13.8. The molecule has 2 atom stereocenters. The molecule has 1 N–H and O–H groups in total. The van der Waals surface area contributed by atoms with Crippen LogP contribution in [0.25, 0.3) is 0 Å². The van der Waals surface area contributed by atoms with Crippen molar-refractivity contribution in [2.45, 2.75) is 44.2 Å². The predicted molar refractivity (Wildman–Crippen MR) is 116 cm³/mol. The van der Waals surface area contributed by atoms with Gasteiger partial charge in [0.15, 0.2) is 6.61 Å². The lowest BCUT2D eigenvalue weighted by molar-refractivity contribution is -0.132. The molecule has 2 aliphatic rings. The fourth-order valence-corrected chi connectivity index (χ4v) is 5.45. The molecular weight excluding hydrogens is 443 g/mol. The van der Waals surface area contributed by atoms with Crippen LogP contribution in [0.1, 0.15) is 31.7 Å². The summed E-state index contributed by atoms with van der Waals surface area (Å²) in [6, 6.07) is 6.64. The van der Waals surface area contributed by atoms with Crippen molar-refractivity contribution in [2.75, 3.05) is 19.7 Å². The van der Waals surface area contributed by atoms with Gasteiger partial charge in [-0.2, -0.15) is 13.2 Å². The second-order valence-corrected chi connectivity index (χ2v) is 9.49. The van der Waals surface area contributed by atoms with Gasteiger partial charge in [-0.25, -0.2) is 0 Å². The van der Waals surface area contributed by atoms with Crippen LogP contribution in [0.5, 0.6) is 5.75 Å². The Hall–Kier alpha value is -2.39. The second-order valence-electron chi connectivity index (χ2n) is 7.79. The van der Waals surface area contributed by atoms with Crippen molar-refractivity contribution in [3.05, 3.63) is 64.1 Å². The first-order valence-corrected chi connectivity index (χ1v) is 11.6. The summed E-state index contributed by atoms with van der Waals surface area (Å²) in [6.45, 7) is 1.54. The minimum absolute atomic E-state index is 0.0947. The van der Waals surface area contributed by atoms with Crippen LogP contribution in [0.2, 0.25) is 0 Å². The maximum absolute atomic E-state index is 13.8. The second kappa shape index (κ2) is 10.5. The molecule has 2 unspecified atom stereocenters. The van der Waals surface area contributed by atoms with Crippen molar-refractivity contribution >= 4 is 16.7 Å². The number of alkyl halides is 3. The number of carbonyl (C=O) groups excluding carboxylic acids is 1. The van der Waals surface area contributed by atoms with Crippen LogP contribution in [-0.2, 0) is 22.2 Å². The number of rotatable bonds is 6. The van der Waals surface area contributed by atoms with Crippen molar-refractivity contribution in [3.63, 3.8) is 0 Å². The number of carbonyl (C=O) groups is 1. The Morgan fingerprint density at radius 1 is 1.28 bits per heavy atom. The molecule has 0 radical (unpaired) electrons. The van der Waals surface area contributed by atoms with Crippen LogP contribution in [0.15, 0.2) is 58.5 Å². The molecule has 1 fully saturated rings. The third-order valence-electron chi connectivity index (χ3n) is 5.51. The topological polar surface area (TPSA) is 66.8 Å². The zero-order chi connectivity index (χ0) is 23.3. The molecule has 0 bridgehead atoms. The summed E-state index contributed by atoms with van der Waals surface area (Å²) in [5.74, 6) is 0.154. The third kappa shape index (κ3) is 5.89. The van der Waals surface area contributed by atoms with E-state index < -0.39 is 27.8 Å². The lowest BCUT2D eigenvalue weighted by atomic mass is 10.0. The highest BCUT2D eigenvalue weighted by Crippen LogP contribution is 2.39. The number of allylic oxidation sites excluding steroid dienone is 5. The highest BCUT2D eigenvalue weighted by molar-refractivity contribution is 7.90. The summed E-state index contributed by atoms with van der Waals surface area (Å²) in [7, 11) is -1.91. The Morgan fingerprint density at radius 3 is 2.66 bits per heavy atom. The van der Waals surface area contributed by atoms with Gasteiger partial charge in [0.2, 0.25) is 0 Å². The monoisotopic (exact) mass is 469 g/mol. The van der Waals surface area contributed by atoms with Crippen LogP contribution >= 0.6 is 0 Å². The number of aliphatic hydroxyl groups is 1. The average Bonchev–Trinajstić information content (AvgIpc) is 3.24. The number of amides is 1. The molecule has 1 aromatic rings. The van der Waals surface area contributed by atoms with E-state index in [2.05, 4.69) is 0 Å². The highest BCUT2D eigenvalue weighted by atomic mass is 32.2. The highest BCUT2D eigenvalue weighted by Gasteiger charge is 2.42. The number of aliphatic hydroxyl groups excluding tert-OH is 1. The molecule has 174 valence electrons. The Bertz CT molecular complexity index is 951. The standard InChI is InChI=1S/C23H26F3NO4S/c1-16-5-3-2-4-6-20(22(16)23(24,25)26)32(30)19-11-12-27(13-19)21(29)15-31-18-9-7-17(14-28)8-10-18/h2,4,6-10,19,28H,3,5,11-15H2,1H3/b4-2-,20-6+,22-16-. The Balaban J connectivity index is 1.66. The number of likely N-dealkylation sites (tertiary alicyclic amines) is 1. The van der Waals surface area contributed by atoms with Crippen LogP contribution in [0.4, 0.5) is 13.2 Å². The maximum atomic E-state index is 13.8. The first-order valence-electron chi connectivity index (χ1n) is 10.4. The van der Waals surface area contributed by atoms with Gasteiger partial charge in [0.05, 0.1) is 33.1 Å². The zero-order valence-electron chi connectivity index (χ0n) is 17.7. The quantitative estimate of drug-likeness (QED) is 0.684. The molecule has 1 aliphatic heterocycles. The summed E-state index contributed by atoms with van der Waals surface area (Å²) in [5, 5.41) is 8.48. The molecule has 9 heteroatoms. The van der Waals surface area contributed by atoms with Crippen LogP contribution < -0.4 is 4.74 Å². The van der Waals surface area contributed by atoms with E-state index >= 15 is 0 Å². The largest absolute Gasteiger partial charge is 0.484 e. The zero-order valence-corrected chi connectivity index (χ0v) is 18.5. The van der Waals surface area contributed by atoms with Crippen molar-refractivity contribution in [1.82, 2.24) is 4.90 Å². The predicted octanol–water partition coefficient (Wildman–Crippen LogP) is 4.02.